The number of nitrogens with zero attached hydrogens (tertiary/aromatic N) is 1. The molecule has 1 saturated heterocycles. The van der Waals surface area contributed by atoms with Crippen molar-refractivity contribution >= 4 is 46.5 Å². The minimum Gasteiger partial charge on any atom is -0.354 e. The fourth-order valence-corrected chi connectivity index (χ4v) is 3.04. The number of imide groups is 1. The van der Waals surface area contributed by atoms with E-state index in [2.05, 4.69) is 5.32 Å². The maximum atomic E-state index is 12.3. The lowest BCUT2D eigenvalue weighted by atomic mass is 10.1. The third-order valence-electron chi connectivity index (χ3n) is 3.74. The maximum absolute atomic E-state index is 12.3. The van der Waals surface area contributed by atoms with Crippen LogP contribution in [0.4, 0.5) is 4.79 Å². The lowest BCUT2D eigenvalue weighted by Crippen LogP contribution is -2.38. The second-order valence-corrected chi connectivity index (χ2v) is 6.91. The van der Waals surface area contributed by atoms with E-state index in [0.29, 0.717) is 9.93 Å². The molecular weight excluding hydrogens is 348 g/mol. The van der Waals surface area contributed by atoms with Crippen LogP contribution in [0.1, 0.15) is 25.8 Å². The van der Waals surface area contributed by atoms with Crippen molar-refractivity contribution in [2.75, 3.05) is 13.1 Å². The SMILES string of the molecule is CCC(C)C(=O)NCCN1C(=O)SC(=Cc2ccc(Cl)cc2)C1=O. The van der Waals surface area contributed by atoms with Crippen molar-refractivity contribution in [1.82, 2.24) is 10.2 Å². The molecule has 0 aliphatic carbocycles. The van der Waals surface area contributed by atoms with Crippen LogP contribution in [-0.4, -0.2) is 35.0 Å². The topological polar surface area (TPSA) is 66.5 Å². The van der Waals surface area contributed by atoms with Gasteiger partial charge in [0.05, 0.1) is 4.91 Å². The Morgan fingerprint density at radius 1 is 1.33 bits per heavy atom. The van der Waals surface area contributed by atoms with E-state index in [4.69, 9.17) is 11.6 Å². The van der Waals surface area contributed by atoms with Crippen molar-refractivity contribution in [3.05, 3.63) is 39.8 Å². The van der Waals surface area contributed by atoms with E-state index in [1.54, 1.807) is 30.3 Å². The number of hydrogen-bond donors (Lipinski definition) is 1. The second-order valence-electron chi connectivity index (χ2n) is 5.49. The summed E-state index contributed by atoms with van der Waals surface area (Å²) in [5, 5.41) is 3.03. The van der Waals surface area contributed by atoms with E-state index in [9.17, 15) is 14.4 Å². The van der Waals surface area contributed by atoms with E-state index in [-0.39, 0.29) is 36.1 Å². The van der Waals surface area contributed by atoms with Gasteiger partial charge in [0.1, 0.15) is 0 Å². The molecule has 3 amide bonds. The number of carbonyl (C=O) groups is 3. The summed E-state index contributed by atoms with van der Waals surface area (Å²) < 4.78 is 0. The number of amides is 3. The smallest absolute Gasteiger partial charge is 0.293 e. The highest BCUT2D eigenvalue weighted by molar-refractivity contribution is 8.18. The van der Waals surface area contributed by atoms with Gasteiger partial charge in [0.15, 0.2) is 0 Å². The van der Waals surface area contributed by atoms with Crippen molar-refractivity contribution in [3.63, 3.8) is 0 Å². The van der Waals surface area contributed by atoms with Crippen LogP contribution >= 0.6 is 23.4 Å². The first-order valence-electron chi connectivity index (χ1n) is 7.71. The van der Waals surface area contributed by atoms with Gasteiger partial charge in [-0.25, -0.2) is 0 Å². The molecule has 1 unspecified atom stereocenters. The highest BCUT2D eigenvalue weighted by Gasteiger charge is 2.34. The number of nitrogens with one attached hydrogen (secondary N) is 1. The number of hydrogen-bond acceptors (Lipinski definition) is 4. The number of halogens is 1. The molecule has 128 valence electrons. The molecule has 0 bridgehead atoms. The first-order valence-corrected chi connectivity index (χ1v) is 8.90. The Hall–Kier alpha value is -1.79. The summed E-state index contributed by atoms with van der Waals surface area (Å²) in [5.74, 6) is -0.483. The Labute approximate surface area is 150 Å². The van der Waals surface area contributed by atoms with Gasteiger partial charge in [0.2, 0.25) is 5.91 Å². The summed E-state index contributed by atoms with van der Waals surface area (Å²) in [5.41, 5.74) is 0.801. The summed E-state index contributed by atoms with van der Waals surface area (Å²) >= 11 is 6.73. The van der Waals surface area contributed by atoms with Crippen LogP contribution in [0.2, 0.25) is 5.02 Å². The number of benzene rings is 1. The molecule has 0 aromatic heterocycles. The molecule has 0 saturated carbocycles. The second kappa shape index (κ2) is 8.35. The van der Waals surface area contributed by atoms with Gasteiger partial charge in [-0.05, 0) is 42.0 Å². The molecule has 1 heterocycles. The molecule has 1 N–H and O–H groups in total. The highest BCUT2D eigenvalue weighted by Crippen LogP contribution is 2.32. The van der Waals surface area contributed by atoms with Gasteiger partial charge >= 0.3 is 0 Å². The maximum Gasteiger partial charge on any atom is 0.293 e. The molecule has 1 fully saturated rings. The van der Waals surface area contributed by atoms with Crippen LogP contribution in [0.25, 0.3) is 6.08 Å². The molecule has 24 heavy (non-hydrogen) atoms. The van der Waals surface area contributed by atoms with Gasteiger partial charge in [-0.2, -0.15) is 0 Å². The molecule has 0 radical (unpaired) electrons. The average Bonchev–Trinajstić information content (AvgIpc) is 2.83. The van der Waals surface area contributed by atoms with E-state index in [1.165, 1.54) is 0 Å². The normalized spacial score (nSPS) is 17.5. The van der Waals surface area contributed by atoms with E-state index in [0.717, 1.165) is 28.6 Å². The molecule has 0 spiro atoms. The molecule has 5 nitrogen and oxygen atoms in total. The predicted molar refractivity (Wildman–Crippen MR) is 96.6 cm³/mol. The number of thioether (sulfide) groups is 1. The quantitative estimate of drug-likeness (QED) is 0.782. The third-order valence-corrected chi connectivity index (χ3v) is 4.90. The van der Waals surface area contributed by atoms with Crippen LogP contribution in [-0.2, 0) is 9.59 Å². The Kier molecular flexibility index (Phi) is 6.45. The Morgan fingerprint density at radius 2 is 2.00 bits per heavy atom. The van der Waals surface area contributed by atoms with Gasteiger partial charge < -0.3 is 5.32 Å². The fraction of sp³-hybridized carbons (Fsp3) is 0.353. The number of carbonyl (C=O) groups excluding carboxylic acids is 3. The van der Waals surface area contributed by atoms with Crippen molar-refractivity contribution < 1.29 is 14.4 Å². The summed E-state index contributed by atoms with van der Waals surface area (Å²) in [7, 11) is 0. The van der Waals surface area contributed by atoms with Crippen molar-refractivity contribution in [3.8, 4) is 0 Å². The largest absolute Gasteiger partial charge is 0.354 e. The molecule has 1 aromatic carbocycles. The summed E-state index contributed by atoms with van der Waals surface area (Å²) in [6, 6.07) is 7.01. The fourth-order valence-electron chi connectivity index (χ4n) is 2.05. The van der Waals surface area contributed by atoms with Crippen molar-refractivity contribution in [2.45, 2.75) is 20.3 Å². The third kappa shape index (κ3) is 4.61. The minimum absolute atomic E-state index is 0.0684. The standard InChI is InChI=1S/C17H19ClN2O3S/c1-3-11(2)15(21)19-8-9-20-16(22)14(24-17(20)23)10-12-4-6-13(18)7-5-12/h4-7,10-11H,3,8-9H2,1-2H3,(H,19,21). The van der Waals surface area contributed by atoms with Crippen LogP contribution < -0.4 is 5.32 Å². The Balaban J connectivity index is 1.96. The zero-order chi connectivity index (χ0) is 17.7. The predicted octanol–water partition coefficient (Wildman–Crippen LogP) is 3.54. The first kappa shape index (κ1) is 18.5. The molecule has 1 aliphatic rings. The van der Waals surface area contributed by atoms with E-state index >= 15 is 0 Å². The van der Waals surface area contributed by atoms with Gasteiger partial charge in [0.25, 0.3) is 11.1 Å². The molecule has 1 aromatic rings. The Morgan fingerprint density at radius 3 is 2.62 bits per heavy atom. The first-order chi connectivity index (χ1) is 11.4. The highest BCUT2D eigenvalue weighted by atomic mass is 35.5. The van der Waals surface area contributed by atoms with Gasteiger partial charge in [0, 0.05) is 24.0 Å². The van der Waals surface area contributed by atoms with Gasteiger partial charge in [-0.15, -0.1) is 0 Å². The molecule has 7 heteroatoms. The van der Waals surface area contributed by atoms with Gasteiger partial charge in [-0.1, -0.05) is 37.6 Å². The summed E-state index contributed by atoms with van der Waals surface area (Å²) in [6.07, 6.45) is 2.41. The average molecular weight is 367 g/mol. The zero-order valence-corrected chi connectivity index (χ0v) is 15.1. The summed E-state index contributed by atoms with van der Waals surface area (Å²) in [4.78, 5) is 37.6. The summed E-state index contributed by atoms with van der Waals surface area (Å²) in [6.45, 7) is 4.20. The zero-order valence-electron chi connectivity index (χ0n) is 13.5. The monoisotopic (exact) mass is 366 g/mol. The molecule has 1 atom stereocenters. The lowest BCUT2D eigenvalue weighted by Gasteiger charge is -2.14. The Bertz CT molecular complexity index is 673. The number of rotatable bonds is 6. The van der Waals surface area contributed by atoms with Crippen LogP contribution in [0.15, 0.2) is 29.2 Å². The lowest BCUT2D eigenvalue weighted by molar-refractivity contribution is -0.126. The van der Waals surface area contributed by atoms with Crippen molar-refractivity contribution in [1.29, 1.82) is 0 Å². The van der Waals surface area contributed by atoms with Crippen molar-refractivity contribution in [2.24, 2.45) is 5.92 Å². The van der Waals surface area contributed by atoms with E-state index in [1.807, 2.05) is 13.8 Å². The van der Waals surface area contributed by atoms with Crippen LogP contribution in [0, 0.1) is 5.92 Å². The minimum atomic E-state index is -0.335. The molecule has 1 aliphatic heterocycles. The van der Waals surface area contributed by atoms with E-state index < -0.39 is 0 Å². The van der Waals surface area contributed by atoms with Gasteiger partial charge in [-0.3, -0.25) is 19.3 Å². The molecule has 2 rings (SSSR count). The molecular formula is C17H19ClN2O3S. The van der Waals surface area contributed by atoms with Crippen LogP contribution in [0.5, 0.6) is 0 Å². The van der Waals surface area contributed by atoms with Crippen LogP contribution in [0.3, 0.4) is 0 Å².